The summed E-state index contributed by atoms with van der Waals surface area (Å²) in [6.07, 6.45) is -0.790. The molecule has 2 heterocycles. The van der Waals surface area contributed by atoms with Crippen molar-refractivity contribution in [2.75, 3.05) is 36.8 Å². The van der Waals surface area contributed by atoms with E-state index in [0.717, 1.165) is 19.0 Å². The number of aromatic nitrogens is 2. The first-order valence-electron chi connectivity index (χ1n) is 9.70. The summed E-state index contributed by atoms with van der Waals surface area (Å²) in [7, 11) is 0. The number of nitrogens with zero attached hydrogens (tertiary/aromatic N) is 3. The number of benzene rings is 1. The number of nitrogens with one attached hydrogen (secondary N) is 2. The van der Waals surface area contributed by atoms with Crippen LogP contribution in [0.2, 0.25) is 0 Å². The smallest absolute Gasteiger partial charge is 0.418 e. The number of hydrogen-bond donors (Lipinski definition) is 2. The molecular weight excluding hydrogens is 403 g/mol. The van der Waals surface area contributed by atoms with Gasteiger partial charge < -0.3 is 14.8 Å². The number of fused-ring (bicyclic) bond motifs is 1. The van der Waals surface area contributed by atoms with Gasteiger partial charge >= 0.3 is 6.18 Å². The van der Waals surface area contributed by atoms with Gasteiger partial charge in [-0.2, -0.15) is 13.2 Å². The van der Waals surface area contributed by atoms with Gasteiger partial charge in [0.2, 0.25) is 0 Å². The van der Waals surface area contributed by atoms with Crippen LogP contribution >= 0.6 is 0 Å². The summed E-state index contributed by atoms with van der Waals surface area (Å²) < 4.78 is 54.4. The molecule has 10 heteroatoms. The molecule has 1 aromatic carbocycles. The van der Waals surface area contributed by atoms with Gasteiger partial charge in [-0.1, -0.05) is 6.92 Å². The van der Waals surface area contributed by atoms with E-state index in [-0.39, 0.29) is 17.1 Å². The largest absolute Gasteiger partial charge is 0.598 e. The monoisotopic (exact) mass is 429 g/mol. The SMILES string of the molecule is CC[S+]([O-])NCCNC1CC(C)CN(c2ccc(C(F)(F)F)c3nccnc23)C1. The van der Waals surface area contributed by atoms with Crippen molar-refractivity contribution in [3.8, 4) is 0 Å². The number of halogens is 3. The minimum absolute atomic E-state index is 0.119. The van der Waals surface area contributed by atoms with E-state index in [1.54, 1.807) is 0 Å². The van der Waals surface area contributed by atoms with Crippen molar-refractivity contribution in [3.05, 3.63) is 30.1 Å². The number of anilines is 1. The second-order valence-corrected chi connectivity index (χ2v) is 8.87. The van der Waals surface area contributed by atoms with Crippen LogP contribution in [0.25, 0.3) is 11.0 Å². The van der Waals surface area contributed by atoms with Crippen LogP contribution < -0.4 is 14.9 Å². The predicted molar refractivity (Wildman–Crippen MR) is 109 cm³/mol. The van der Waals surface area contributed by atoms with Gasteiger partial charge in [-0.25, -0.2) is 0 Å². The maximum atomic E-state index is 13.4. The van der Waals surface area contributed by atoms with Gasteiger partial charge in [0, 0.05) is 49.4 Å². The normalized spacial score (nSPS) is 21.5. The van der Waals surface area contributed by atoms with E-state index in [9.17, 15) is 17.7 Å². The van der Waals surface area contributed by atoms with Crippen LogP contribution in [-0.4, -0.2) is 52.5 Å². The zero-order valence-corrected chi connectivity index (χ0v) is 17.3. The molecule has 6 nitrogen and oxygen atoms in total. The topological polar surface area (TPSA) is 76.1 Å². The average molecular weight is 430 g/mol. The summed E-state index contributed by atoms with van der Waals surface area (Å²) in [6.45, 7) is 6.66. The van der Waals surface area contributed by atoms with Crippen molar-refractivity contribution >= 4 is 28.1 Å². The van der Waals surface area contributed by atoms with Crippen LogP contribution in [0.3, 0.4) is 0 Å². The van der Waals surface area contributed by atoms with Gasteiger partial charge in [0.15, 0.2) is 0 Å². The average Bonchev–Trinajstić information content (AvgIpc) is 2.69. The maximum absolute atomic E-state index is 13.4. The lowest BCUT2D eigenvalue weighted by Gasteiger charge is -2.38. The second kappa shape index (κ2) is 9.46. The van der Waals surface area contributed by atoms with Crippen LogP contribution in [0.5, 0.6) is 0 Å². The molecule has 3 unspecified atom stereocenters. The lowest BCUT2D eigenvalue weighted by atomic mass is 9.95. The highest BCUT2D eigenvalue weighted by Gasteiger charge is 2.35. The van der Waals surface area contributed by atoms with Crippen LogP contribution in [0.1, 0.15) is 25.8 Å². The Morgan fingerprint density at radius 2 is 1.90 bits per heavy atom. The fourth-order valence-electron chi connectivity index (χ4n) is 3.77. The van der Waals surface area contributed by atoms with Crippen LogP contribution in [0.15, 0.2) is 24.5 Å². The van der Waals surface area contributed by atoms with Gasteiger partial charge in [0.1, 0.15) is 16.8 Å². The molecule has 2 N–H and O–H groups in total. The minimum atomic E-state index is -4.47. The molecule has 0 saturated carbocycles. The van der Waals surface area contributed by atoms with E-state index in [1.165, 1.54) is 18.5 Å². The fourth-order valence-corrected chi connectivity index (χ4v) is 4.30. The van der Waals surface area contributed by atoms with Crippen LogP contribution in [0.4, 0.5) is 18.9 Å². The molecule has 0 aliphatic carbocycles. The Balaban J connectivity index is 1.77. The molecule has 3 atom stereocenters. The van der Waals surface area contributed by atoms with E-state index in [1.807, 2.05) is 6.92 Å². The van der Waals surface area contributed by atoms with Crippen molar-refractivity contribution < 1.29 is 17.7 Å². The maximum Gasteiger partial charge on any atom is 0.418 e. The van der Waals surface area contributed by atoms with E-state index in [0.29, 0.717) is 37.0 Å². The Hall–Kier alpha value is -1.62. The third-order valence-electron chi connectivity index (χ3n) is 4.99. The van der Waals surface area contributed by atoms with Gasteiger partial charge in [0.05, 0.1) is 17.8 Å². The molecule has 0 spiro atoms. The van der Waals surface area contributed by atoms with Crippen molar-refractivity contribution in [1.82, 2.24) is 20.0 Å². The highest BCUT2D eigenvalue weighted by Crippen LogP contribution is 2.37. The molecule has 1 fully saturated rings. The predicted octanol–water partition coefficient (Wildman–Crippen LogP) is 2.73. The van der Waals surface area contributed by atoms with Crippen molar-refractivity contribution in [2.24, 2.45) is 5.92 Å². The zero-order valence-electron chi connectivity index (χ0n) is 16.5. The summed E-state index contributed by atoms with van der Waals surface area (Å²) in [5.41, 5.74) is 0.0606. The van der Waals surface area contributed by atoms with Crippen molar-refractivity contribution in [3.63, 3.8) is 0 Å². The first kappa shape index (κ1) is 22.1. The molecule has 160 valence electrons. The molecule has 29 heavy (non-hydrogen) atoms. The molecule has 0 radical (unpaired) electrons. The molecule has 3 rings (SSSR count). The Morgan fingerprint density at radius 1 is 1.17 bits per heavy atom. The Bertz CT molecular complexity index is 822. The molecule has 2 aromatic rings. The fraction of sp³-hybridized carbons (Fsp3) is 0.579. The van der Waals surface area contributed by atoms with E-state index < -0.39 is 23.1 Å². The first-order chi connectivity index (χ1) is 13.8. The lowest BCUT2D eigenvalue weighted by molar-refractivity contribution is -0.136. The van der Waals surface area contributed by atoms with E-state index >= 15 is 0 Å². The van der Waals surface area contributed by atoms with Gasteiger partial charge in [0.25, 0.3) is 0 Å². The Kier molecular flexibility index (Phi) is 7.20. The van der Waals surface area contributed by atoms with Crippen LogP contribution in [0, 0.1) is 5.92 Å². The van der Waals surface area contributed by atoms with Gasteiger partial charge in [-0.3, -0.25) is 9.97 Å². The Labute approximate surface area is 171 Å². The third kappa shape index (κ3) is 5.50. The quantitative estimate of drug-likeness (QED) is 0.521. The summed E-state index contributed by atoms with van der Waals surface area (Å²) in [5, 5.41) is 3.46. The molecular formula is C19H26F3N5OS. The summed E-state index contributed by atoms with van der Waals surface area (Å²) >= 11 is -1.01. The standard InChI is InChI=1S/C19H26F3N5OS/c1-3-29(28)26-9-8-23-14-10-13(2)11-27(12-14)16-5-4-15(19(20,21)22)17-18(16)25-7-6-24-17/h4-7,13-14,23,26H,3,8-12H2,1-2H3. The minimum Gasteiger partial charge on any atom is -0.598 e. The Morgan fingerprint density at radius 3 is 2.59 bits per heavy atom. The summed E-state index contributed by atoms with van der Waals surface area (Å²) in [5.74, 6) is 0.934. The molecule has 0 bridgehead atoms. The van der Waals surface area contributed by atoms with E-state index in [2.05, 4.69) is 31.8 Å². The highest BCUT2D eigenvalue weighted by atomic mass is 32.2. The number of hydrogen-bond acceptors (Lipinski definition) is 6. The summed E-state index contributed by atoms with van der Waals surface area (Å²) in [4.78, 5) is 10.3. The second-order valence-electron chi connectivity index (χ2n) is 7.31. The molecule has 1 saturated heterocycles. The molecule has 0 amide bonds. The van der Waals surface area contributed by atoms with E-state index in [4.69, 9.17) is 0 Å². The van der Waals surface area contributed by atoms with Gasteiger partial charge in [-0.05, 0) is 31.4 Å². The number of alkyl halides is 3. The molecule has 1 aliphatic heterocycles. The zero-order chi connectivity index (χ0) is 21.0. The van der Waals surface area contributed by atoms with Crippen molar-refractivity contribution in [2.45, 2.75) is 32.5 Å². The van der Waals surface area contributed by atoms with Crippen LogP contribution in [-0.2, 0) is 17.5 Å². The molecule has 1 aliphatic rings. The first-order valence-corrected chi connectivity index (χ1v) is 11.0. The number of piperidine rings is 1. The summed E-state index contributed by atoms with van der Waals surface area (Å²) in [6, 6.07) is 2.78. The highest BCUT2D eigenvalue weighted by molar-refractivity contribution is 7.89. The van der Waals surface area contributed by atoms with Crippen molar-refractivity contribution in [1.29, 1.82) is 0 Å². The molecule has 1 aromatic heterocycles. The van der Waals surface area contributed by atoms with Gasteiger partial charge in [-0.15, -0.1) is 4.72 Å². The lowest BCUT2D eigenvalue weighted by Crippen LogP contribution is -2.50. The third-order valence-corrected chi connectivity index (χ3v) is 6.04. The number of rotatable bonds is 7.